The molecule has 0 heterocycles. The van der Waals surface area contributed by atoms with Crippen LogP contribution in [-0.4, -0.2) is 6.61 Å². The molecule has 2 aromatic carbocycles. The summed E-state index contributed by atoms with van der Waals surface area (Å²) in [6, 6.07) is 15.1. The Hall–Kier alpha value is -1.47. The number of aryl methyl sites for hydroxylation is 1. The maximum absolute atomic E-state index is 6.25. The van der Waals surface area contributed by atoms with Crippen molar-refractivity contribution in [1.29, 1.82) is 0 Å². The molecule has 4 aliphatic carbocycles. The van der Waals surface area contributed by atoms with Gasteiger partial charge in [0.05, 0.1) is 0 Å². The molecule has 0 spiro atoms. The summed E-state index contributed by atoms with van der Waals surface area (Å²) >= 11 is 2.32. The Morgan fingerprint density at radius 3 is 2.25 bits per heavy atom. The average Bonchev–Trinajstić information content (AvgIpc) is 2.66. The predicted molar refractivity (Wildman–Crippen MR) is 123 cm³/mol. The van der Waals surface area contributed by atoms with Crippen molar-refractivity contribution in [2.24, 2.45) is 17.8 Å². The fraction of sp³-hybridized carbons (Fsp3) is 0.462. The molecule has 2 heteroatoms. The molecule has 2 aromatic rings. The van der Waals surface area contributed by atoms with Crippen LogP contribution in [0.25, 0.3) is 0 Å². The van der Waals surface area contributed by atoms with Gasteiger partial charge in [-0.05, 0) is 122 Å². The third-order valence-electron chi connectivity index (χ3n) is 7.12. The number of halogens is 1. The van der Waals surface area contributed by atoms with Gasteiger partial charge in [-0.3, -0.25) is 0 Å². The van der Waals surface area contributed by atoms with Gasteiger partial charge < -0.3 is 4.74 Å². The van der Waals surface area contributed by atoms with E-state index in [1.807, 2.05) is 0 Å². The highest BCUT2D eigenvalue weighted by atomic mass is 127. The molecule has 0 aliphatic heterocycles. The van der Waals surface area contributed by atoms with E-state index in [-0.39, 0.29) is 0 Å². The molecular formula is C26H27IO. The average molecular weight is 482 g/mol. The topological polar surface area (TPSA) is 9.23 Å². The van der Waals surface area contributed by atoms with E-state index >= 15 is 0 Å². The van der Waals surface area contributed by atoms with Crippen molar-refractivity contribution in [3.63, 3.8) is 0 Å². The minimum Gasteiger partial charge on any atom is -0.481 e. The van der Waals surface area contributed by atoms with Gasteiger partial charge >= 0.3 is 0 Å². The Bertz CT molecular complexity index is 896. The highest BCUT2D eigenvalue weighted by Gasteiger charge is 2.52. The largest absolute Gasteiger partial charge is 0.481 e. The minimum absolute atomic E-state index is 0.361. The fourth-order valence-corrected chi connectivity index (χ4v) is 6.77. The lowest BCUT2D eigenvalue weighted by molar-refractivity contribution is -0.00628. The maximum Gasteiger partial charge on any atom is 0.149 e. The van der Waals surface area contributed by atoms with Crippen LogP contribution in [0, 0.1) is 40.1 Å². The second-order valence-electron chi connectivity index (χ2n) is 9.29. The monoisotopic (exact) mass is 482 g/mol. The number of benzene rings is 2. The van der Waals surface area contributed by atoms with Gasteiger partial charge in [0.1, 0.15) is 12.4 Å². The van der Waals surface area contributed by atoms with Crippen LogP contribution in [-0.2, 0) is 5.41 Å². The van der Waals surface area contributed by atoms with Gasteiger partial charge in [-0.15, -0.1) is 0 Å². The molecule has 6 rings (SSSR count). The van der Waals surface area contributed by atoms with E-state index in [9.17, 15) is 0 Å². The second kappa shape index (κ2) is 7.41. The molecule has 0 N–H and O–H groups in total. The van der Waals surface area contributed by atoms with Crippen molar-refractivity contribution in [2.45, 2.75) is 50.9 Å². The third kappa shape index (κ3) is 3.59. The molecule has 0 radical (unpaired) electrons. The summed E-state index contributed by atoms with van der Waals surface area (Å²) in [4.78, 5) is 0. The summed E-state index contributed by atoms with van der Waals surface area (Å²) in [5.74, 6) is 10.3. The van der Waals surface area contributed by atoms with Crippen molar-refractivity contribution >= 4 is 22.6 Å². The Balaban J connectivity index is 1.37. The van der Waals surface area contributed by atoms with Crippen LogP contribution >= 0.6 is 22.6 Å². The molecule has 1 nitrogen and oxygen atoms in total. The first-order chi connectivity index (χ1) is 13.6. The summed E-state index contributed by atoms with van der Waals surface area (Å²) < 4.78 is 7.49. The highest BCUT2D eigenvalue weighted by Crippen LogP contribution is 2.61. The molecule has 0 aromatic heterocycles. The summed E-state index contributed by atoms with van der Waals surface area (Å²) in [5.41, 5.74) is 4.24. The zero-order valence-electron chi connectivity index (χ0n) is 16.5. The lowest BCUT2D eigenvalue weighted by Crippen LogP contribution is -2.48. The molecule has 4 bridgehead atoms. The van der Waals surface area contributed by atoms with Crippen molar-refractivity contribution in [1.82, 2.24) is 0 Å². The minimum atomic E-state index is 0.361. The quantitative estimate of drug-likeness (QED) is 0.359. The van der Waals surface area contributed by atoms with Crippen LogP contribution in [0.15, 0.2) is 42.5 Å². The van der Waals surface area contributed by atoms with Gasteiger partial charge in [-0.2, -0.15) is 0 Å². The van der Waals surface area contributed by atoms with Gasteiger partial charge in [-0.1, -0.05) is 29.5 Å². The normalized spacial score (nSPS) is 30.0. The first-order valence-electron chi connectivity index (χ1n) is 10.6. The summed E-state index contributed by atoms with van der Waals surface area (Å²) in [6.45, 7) is 2.67. The Morgan fingerprint density at radius 1 is 0.964 bits per heavy atom. The number of hydrogen-bond donors (Lipinski definition) is 0. The molecule has 4 aliphatic rings. The Morgan fingerprint density at radius 2 is 1.61 bits per heavy atom. The fourth-order valence-electron chi connectivity index (χ4n) is 6.41. The van der Waals surface area contributed by atoms with Crippen molar-refractivity contribution in [3.8, 4) is 17.6 Å². The van der Waals surface area contributed by atoms with E-state index in [2.05, 4.69) is 83.8 Å². The van der Waals surface area contributed by atoms with E-state index in [1.54, 1.807) is 0 Å². The molecule has 0 unspecified atom stereocenters. The molecule has 144 valence electrons. The van der Waals surface area contributed by atoms with Crippen LogP contribution in [0.3, 0.4) is 0 Å². The van der Waals surface area contributed by atoms with Crippen LogP contribution in [0.2, 0.25) is 0 Å². The van der Waals surface area contributed by atoms with E-state index in [4.69, 9.17) is 4.74 Å². The van der Waals surface area contributed by atoms with E-state index < -0.39 is 0 Å². The van der Waals surface area contributed by atoms with E-state index in [0.29, 0.717) is 12.0 Å². The van der Waals surface area contributed by atoms with Gasteiger partial charge in [0, 0.05) is 14.7 Å². The zero-order valence-corrected chi connectivity index (χ0v) is 18.7. The van der Waals surface area contributed by atoms with Gasteiger partial charge in [0.15, 0.2) is 0 Å². The van der Waals surface area contributed by atoms with Crippen LogP contribution < -0.4 is 4.74 Å². The Labute approximate surface area is 182 Å². The molecule has 0 amide bonds. The zero-order chi connectivity index (χ0) is 19.1. The molecule has 0 saturated heterocycles. The van der Waals surface area contributed by atoms with Crippen LogP contribution in [0.1, 0.15) is 55.2 Å². The van der Waals surface area contributed by atoms with Crippen molar-refractivity contribution in [2.75, 3.05) is 6.61 Å². The first kappa shape index (κ1) is 18.6. The van der Waals surface area contributed by atoms with Gasteiger partial charge in [0.25, 0.3) is 0 Å². The van der Waals surface area contributed by atoms with Crippen LogP contribution in [0.5, 0.6) is 5.75 Å². The summed E-state index contributed by atoms with van der Waals surface area (Å²) in [7, 11) is 0. The highest BCUT2D eigenvalue weighted by molar-refractivity contribution is 14.1. The maximum atomic E-state index is 6.25. The van der Waals surface area contributed by atoms with Crippen molar-refractivity contribution in [3.05, 3.63) is 62.7 Å². The molecule has 0 atom stereocenters. The standard InChI is InChI=1S/C26H27IO/c1-18-4-9-25(28-10-2-3-19-5-7-23(27)8-6-19)24(11-18)26-15-20-12-21(16-26)14-22(13-20)17-26/h4-9,11,20-22H,10,12-17H2,1H3. The van der Waals surface area contributed by atoms with Crippen LogP contribution in [0.4, 0.5) is 0 Å². The summed E-state index contributed by atoms with van der Waals surface area (Å²) in [6.07, 6.45) is 8.53. The SMILES string of the molecule is Cc1ccc(OCC#Cc2ccc(I)cc2)c(C23CC4CC(CC(C4)C2)C3)c1. The van der Waals surface area contributed by atoms with E-state index in [0.717, 1.165) is 29.1 Å². The Kier molecular flexibility index (Phi) is 4.91. The molecule has 4 fully saturated rings. The first-order valence-corrected chi connectivity index (χ1v) is 11.7. The van der Waals surface area contributed by atoms with Gasteiger partial charge in [0.2, 0.25) is 0 Å². The number of hydrogen-bond acceptors (Lipinski definition) is 1. The smallest absolute Gasteiger partial charge is 0.149 e. The summed E-state index contributed by atoms with van der Waals surface area (Å²) in [5, 5.41) is 0. The molecular weight excluding hydrogens is 455 g/mol. The number of rotatable bonds is 3. The lowest BCUT2D eigenvalue weighted by atomic mass is 9.48. The second-order valence-corrected chi connectivity index (χ2v) is 10.5. The molecule has 28 heavy (non-hydrogen) atoms. The van der Waals surface area contributed by atoms with Crippen molar-refractivity contribution < 1.29 is 4.74 Å². The lowest BCUT2D eigenvalue weighted by Gasteiger charge is -2.57. The van der Waals surface area contributed by atoms with E-state index in [1.165, 1.54) is 53.2 Å². The van der Waals surface area contributed by atoms with Gasteiger partial charge in [-0.25, -0.2) is 0 Å². The third-order valence-corrected chi connectivity index (χ3v) is 7.84. The number of ether oxygens (including phenoxy) is 1. The predicted octanol–water partition coefficient (Wildman–Crippen LogP) is 6.50. The molecule has 4 saturated carbocycles.